The maximum atomic E-state index is 12.5. The van der Waals surface area contributed by atoms with Crippen LogP contribution in [0.3, 0.4) is 0 Å². The van der Waals surface area contributed by atoms with E-state index in [0.717, 1.165) is 5.56 Å². The van der Waals surface area contributed by atoms with Gasteiger partial charge in [-0.15, -0.1) is 0 Å². The van der Waals surface area contributed by atoms with Gasteiger partial charge in [-0.2, -0.15) is 0 Å². The Labute approximate surface area is 171 Å². The van der Waals surface area contributed by atoms with Gasteiger partial charge in [0, 0.05) is 18.7 Å². The van der Waals surface area contributed by atoms with E-state index in [1.165, 1.54) is 11.8 Å². The molecule has 29 heavy (non-hydrogen) atoms. The number of aromatic amines is 1. The summed E-state index contributed by atoms with van der Waals surface area (Å²) in [5.74, 6) is 0.436. The number of imidazole rings is 1. The van der Waals surface area contributed by atoms with E-state index in [2.05, 4.69) is 53.2 Å². The fourth-order valence-electron chi connectivity index (χ4n) is 2.93. The molecular weight excluding hydrogens is 364 g/mol. The molecule has 0 aliphatic heterocycles. The van der Waals surface area contributed by atoms with Crippen molar-refractivity contribution in [2.45, 2.75) is 53.0 Å². The average Bonchev–Trinajstić information content (AvgIpc) is 3.07. The van der Waals surface area contributed by atoms with Crippen LogP contribution < -0.4 is 5.32 Å². The monoisotopic (exact) mass is 392 g/mol. The number of hydrogen-bond acceptors (Lipinski definition) is 4. The van der Waals surface area contributed by atoms with Gasteiger partial charge in [0.1, 0.15) is 11.6 Å². The summed E-state index contributed by atoms with van der Waals surface area (Å²) in [6.07, 6.45) is 1.75. The topological polar surface area (TPSA) is 87.7 Å². The van der Waals surface area contributed by atoms with E-state index in [1.807, 2.05) is 26.0 Å². The fourth-order valence-corrected chi connectivity index (χ4v) is 2.93. The molecule has 2 N–H and O–H groups in total. The Balaban J connectivity index is 1.66. The number of carbonyl (C=O) groups is 2. The van der Waals surface area contributed by atoms with Crippen molar-refractivity contribution in [1.82, 2.24) is 20.3 Å². The van der Waals surface area contributed by atoms with Crippen LogP contribution in [-0.2, 0) is 23.2 Å². The van der Waals surface area contributed by atoms with Crippen LogP contribution in [0.25, 0.3) is 11.2 Å². The number of amides is 1. The van der Waals surface area contributed by atoms with Crippen LogP contribution in [0.15, 0.2) is 36.5 Å². The molecule has 6 heteroatoms. The molecule has 0 fully saturated rings. The van der Waals surface area contributed by atoms with Gasteiger partial charge < -0.3 is 10.3 Å². The number of Topliss-reactive ketones (excluding diaryl/α,β-unsaturated/α-hetero) is 1. The van der Waals surface area contributed by atoms with E-state index in [-0.39, 0.29) is 29.4 Å². The maximum Gasteiger partial charge on any atom is 0.253 e. The number of rotatable bonds is 6. The summed E-state index contributed by atoms with van der Waals surface area (Å²) >= 11 is 0. The van der Waals surface area contributed by atoms with Crippen LogP contribution in [0.2, 0.25) is 0 Å². The third-order valence-electron chi connectivity index (χ3n) is 4.91. The standard InChI is InChI=1S/C23H28N4O2/c1-14(2)19(28)11-20-26-18-10-16(13-24-21(18)27-20)22(29)25-12-15-6-8-17(9-7-15)23(3,4)5/h6-10,13-14H,11-12H2,1-5H3,(H,25,29)(H,24,26,27). The molecule has 152 valence electrons. The van der Waals surface area contributed by atoms with Crippen LogP contribution >= 0.6 is 0 Å². The third-order valence-corrected chi connectivity index (χ3v) is 4.91. The molecular formula is C23H28N4O2. The summed E-state index contributed by atoms with van der Waals surface area (Å²) in [4.78, 5) is 36.1. The second-order valence-electron chi connectivity index (χ2n) is 8.71. The lowest BCUT2D eigenvalue weighted by molar-refractivity contribution is -0.121. The lowest BCUT2D eigenvalue weighted by atomic mass is 9.87. The Morgan fingerprint density at radius 1 is 1.14 bits per heavy atom. The van der Waals surface area contributed by atoms with E-state index >= 15 is 0 Å². The number of hydrogen-bond donors (Lipinski definition) is 2. The van der Waals surface area contributed by atoms with Crippen LogP contribution in [0, 0.1) is 5.92 Å². The number of nitrogens with one attached hydrogen (secondary N) is 2. The molecule has 0 spiro atoms. The highest BCUT2D eigenvalue weighted by Crippen LogP contribution is 2.22. The molecule has 2 heterocycles. The summed E-state index contributed by atoms with van der Waals surface area (Å²) in [5.41, 5.74) is 4.01. The van der Waals surface area contributed by atoms with Crippen LogP contribution in [0.1, 0.15) is 61.9 Å². The minimum Gasteiger partial charge on any atom is -0.348 e. The number of carbonyl (C=O) groups excluding carboxylic acids is 2. The van der Waals surface area contributed by atoms with E-state index < -0.39 is 0 Å². The van der Waals surface area contributed by atoms with Crippen LogP contribution in [0.5, 0.6) is 0 Å². The zero-order valence-electron chi connectivity index (χ0n) is 17.7. The highest BCUT2D eigenvalue weighted by Gasteiger charge is 2.15. The Morgan fingerprint density at radius 3 is 2.45 bits per heavy atom. The van der Waals surface area contributed by atoms with Crippen molar-refractivity contribution in [2.75, 3.05) is 0 Å². The average molecular weight is 393 g/mol. The van der Waals surface area contributed by atoms with Gasteiger partial charge in [0.2, 0.25) is 0 Å². The quantitative estimate of drug-likeness (QED) is 0.665. The van der Waals surface area contributed by atoms with Crippen molar-refractivity contribution < 1.29 is 9.59 Å². The number of aromatic nitrogens is 3. The van der Waals surface area contributed by atoms with Gasteiger partial charge in [-0.05, 0) is 22.6 Å². The predicted molar refractivity (Wildman–Crippen MR) is 114 cm³/mol. The summed E-state index contributed by atoms with van der Waals surface area (Å²) < 4.78 is 0. The van der Waals surface area contributed by atoms with Crippen LogP contribution in [-0.4, -0.2) is 26.6 Å². The van der Waals surface area contributed by atoms with Crippen molar-refractivity contribution in [3.8, 4) is 0 Å². The van der Waals surface area contributed by atoms with Crippen molar-refractivity contribution in [2.24, 2.45) is 5.92 Å². The highest BCUT2D eigenvalue weighted by molar-refractivity contribution is 5.96. The number of nitrogens with zero attached hydrogens (tertiary/aromatic N) is 2. The van der Waals surface area contributed by atoms with E-state index in [4.69, 9.17) is 0 Å². The summed E-state index contributed by atoms with van der Waals surface area (Å²) in [6, 6.07) is 9.99. The summed E-state index contributed by atoms with van der Waals surface area (Å²) in [5, 5.41) is 2.92. The molecule has 6 nitrogen and oxygen atoms in total. The first-order chi connectivity index (χ1) is 13.6. The van der Waals surface area contributed by atoms with E-state index in [0.29, 0.717) is 29.1 Å². The molecule has 1 aromatic carbocycles. The summed E-state index contributed by atoms with van der Waals surface area (Å²) in [7, 11) is 0. The Hall–Kier alpha value is -3.02. The molecule has 2 aromatic heterocycles. The SMILES string of the molecule is CC(C)C(=O)Cc1nc2ncc(C(=O)NCc3ccc(C(C)(C)C)cc3)cc2[nH]1. The predicted octanol–water partition coefficient (Wildman–Crippen LogP) is 3.95. The van der Waals surface area contributed by atoms with Gasteiger partial charge >= 0.3 is 0 Å². The molecule has 0 saturated heterocycles. The Bertz CT molecular complexity index is 1030. The number of fused-ring (bicyclic) bond motifs is 1. The number of benzene rings is 1. The van der Waals surface area contributed by atoms with Gasteiger partial charge in [-0.3, -0.25) is 9.59 Å². The molecule has 1 amide bonds. The van der Waals surface area contributed by atoms with Crippen molar-refractivity contribution >= 4 is 22.9 Å². The smallest absolute Gasteiger partial charge is 0.253 e. The maximum absolute atomic E-state index is 12.5. The second-order valence-corrected chi connectivity index (χ2v) is 8.71. The largest absolute Gasteiger partial charge is 0.348 e. The van der Waals surface area contributed by atoms with Gasteiger partial charge in [-0.1, -0.05) is 58.9 Å². The zero-order chi connectivity index (χ0) is 21.2. The lowest BCUT2D eigenvalue weighted by Crippen LogP contribution is -2.23. The van der Waals surface area contributed by atoms with Gasteiger partial charge in [0.15, 0.2) is 5.65 Å². The molecule has 0 bridgehead atoms. The number of ketones is 1. The third kappa shape index (κ3) is 5.08. The zero-order valence-corrected chi connectivity index (χ0v) is 17.7. The fraction of sp³-hybridized carbons (Fsp3) is 0.391. The van der Waals surface area contributed by atoms with Crippen molar-refractivity contribution in [3.05, 3.63) is 59.0 Å². The van der Waals surface area contributed by atoms with Crippen LogP contribution in [0.4, 0.5) is 0 Å². The molecule has 0 atom stereocenters. The van der Waals surface area contributed by atoms with E-state index in [1.54, 1.807) is 6.07 Å². The second kappa shape index (κ2) is 8.15. The first kappa shape index (κ1) is 20.7. The molecule has 0 unspecified atom stereocenters. The molecule has 0 aliphatic carbocycles. The Kier molecular flexibility index (Phi) is 5.82. The van der Waals surface area contributed by atoms with Crippen molar-refractivity contribution in [1.29, 1.82) is 0 Å². The summed E-state index contributed by atoms with van der Waals surface area (Å²) in [6.45, 7) is 10.7. The first-order valence-corrected chi connectivity index (χ1v) is 9.88. The number of pyridine rings is 1. The molecule has 0 saturated carbocycles. The normalized spacial score (nSPS) is 11.8. The molecule has 3 rings (SSSR count). The first-order valence-electron chi connectivity index (χ1n) is 9.88. The van der Waals surface area contributed by atoms with Gasteiger partial charge in [-0.25, -0.2) is 9.97 Å². The molecule has 0 aliphatic rings. The Morgan fingerprint density at radius 2 is 1.83 bits per heavy atom. The molecule has 0 radical (unpaired) electrons. The number of H-pyrrole nitrogens is 1. The minimum absolute atomic E-state index is 0.0463. The van der Waals surface area contributed by atoms with E-state index in [9.17, 15) is 9.59 Å². The minimum atomic E-state index is -0.200. The highest BCUT2D eigenvalue weighted by atomic mass is 16.1. The lowest BCUT2D eigenvalue weighted by Gasteiger charge is -2.19. The van der Waals surface area contributed by atoms with Gasteiger partial charge in [0.25, 0.3) is 5.91 Å². The van der Waals surface area contributed by atoms with Crippen molar-refractivity contribution in [3.63, 3.8) is 0 Å². The van der Waals surface area contributed by atoms with Gasteiger partial charge in [0.05, 0.1) is 17.5 Å². The molecule has 3 aromatic rings.